The van der Waals surface area contributed by atoms with Crippen LogP contribution in [-0.4, -0.2) is 18.2 Å². The summed E-state index contributed by atoms with van der Waals surface area (Å²) in [5, 5.41) is 3.00. The molecule has 2 unspecified atom stereocenters. The Morgan fingerprint density at radius 1 is 1.56 bits per heavy atom. The molecule has 1 amide bonds. The maximum atomic E-state index is 12.3. The predicted molar refractivity (Wildman–Crippen MR) is 76.8 cm³/mol. The molecule has 1 aromatic carbocycles. The molecule has 1 aliphatic rings. The fourth-order valence-corrected chi connectivity index (χ4v) is 2.91. The van der Waals surface area contributed by atoms with Gasteiger partial charge < -0.3 is 11.1 Å². The van der Waals surface area contributed by atoms with E-state index in [1.807, 2.05) is 37.4 Å². The lowest BCUT2D eigenvalue weighted by molar-refractivity contribution is -0.125. The molecule has 0 aromatic heterocycles. The van der Waals surface area contributed by atoms with E-state index in [4.69, 9.17) is 5.73 Å². The van der Waals surface area contributed by atoms with Gasteiger partial charge in [-0.15, -0.1) is 11.8 Å². The van der Waals surface area contributed by atoms with E-state index in [0.29, 0.717) is 0 Å². The Bertz CT molecular complexity index is 449. The summed E-state index contributed by atoms with van der Waals surface area (Å²) in [5.41, 5.74) is 6.49. The molecule has 0 heterocycles. The monoisotopic (exact) mass is 264 g/mol. The summed E-state index contributed by atoms with van der Waals surface area (Å²) in [7, 11) is 0. The molecule has 3 N–H and O–H groups in total. The fourth-order valence-electron chi connectivity index (χ4n) is 2.45. The second-order valence-corrected chi connectivity index (χ2v) is 5.98. The van der Waals surface area contributed by atoms with Crippen LogP contribution < -0.4 is 11.1 Å². The maximum absolute atomic E-state index is 12.3. The largest absolute Gasteiger partial charge is 0.327 e. The van der Waals surface area contributed by atoms with Crippen LogP contribution in [0.5, 0.6) is 0 Å². The summed E-state index contributed by atoms with van der Waals surface area (Å²) in [5.74, 6) is 0.0470. The summed E-state index contributed by atoms with van der Waals surface area (Å²) in [4.78, 5) is 13.5. The van der Waals surface area contributed by atoms with Crippen LogP contribution in [0.4, 0.5) is 5.69 Å². The van der Waals surface area contributed by atoms with Gasteiger partial charge in [-0.05, 0) is 44.2 Å². The standard InChI is InChI=1S/C14H20N2OS/c1-14(8-4-7-12(14)15)13(17)16-10-5-3-6-11(9-10)18-2/h3,5-6,9,12H,4,7-8,15H2,1-2H3,(H,16,17). The van der Waals surface area contributed by atoms with Gasteiger partial charge >= 0.3 is 0 Å². The molecule has 0 radical (unpaired) electrons. The Balaban J connectivity index is 2.11. The summed E-state index contributed by atoms with van der Waals surface area (Å²) >= 11 is 1.67. The minimum absolute atomic E-state index is 0.0266. The lowest BCUT2D eigenvalue weighted by Crippen LogP contribution is -2.44. The highest BCUT2D eigenvalue weighted by molar-refractivity contribution is 7.98. The molecule has 1 aliphatic carbocycles. The van der Waals surface area contributed by atoms with Crippen molar-refractivity contribution in [1.82, 2.24) is 0 Å². The summed E-state index contributed by atoms with van der Waals surface area (Å²) in [6.07, 6.45) is 4.88. The molecule has 2 atom stereocenters. The van der Waals surface area contributed by atoms with Crippen LogP contribution in [0.15, 0.2) is 29.2 Å². The van der Waals surface area contributed by atoms with Crippen molar-refractivity contribution >= 4 is 23.4 Å². The molecule has 0 saturated heterocycles. The van der Waals surface area contributed by atoms with Crippen LogP contribution in [0.2, 0.25) is 0 Å². The third kappa shape index (κ3) is 2.54. The van der Waals surface area contributed by atoms with E-state index < -0.39 is 5.41 Å². The van der Waals surface area contributed by atoms with Gasteiger partial charge in [-0.3, -0.25) is 4.79 Å². The van der Waals surface area contributed by atoms with Gasteiger partial charge in [0.2, 0.25) is 5.91 Å². The zero-order chi connectivity index (χ0) is 13.2. The molecule has 0 spiro atoms. The fraction of sp³-hybridized carbons (Fsp3) is 0.500. The molecule has 98 valence electrons. The lowest BCUT2D eigenvalue weighted by Gasteiger charge is -2.27. The number of thioether (sulfide) groups is 1. The average molecular weight is 264 g/mol. The highest BCUT2D eigenvalue weighted by atomic mass is 32.2. The Kier molecular flexibility index (Phi) is 3.97. The van der Waals surface area contributed by atoms with Gasteiger partial charge in [-0.25, -0.2) is 0 Å². The van der Waals surface area contributed by atoms with Crippen LogP contribution in [0.1, 0.15) is 26.2 Å². The first-order chi connectivity index (χ1) is 8.56. The quantitative estimate of drug-likeness (QED) is 0.825. The minimum atomic E-state index is -0.421. The number of amides is 1. The van der Waals surface area contributed by atoms with E-state index in [9.17, 15) is 4.79 Å². The second-order valence-electron chi connectivity index (χ2n) is 5.10. The Morgan fingerprint density at radius 3 is 2.94 bits per heavy atom. The third-order valence-electron chi connectivity index (χ3n) is 3.88. The van der Waals surface area contributed by atoms with Gasteiger partial charge in [0, 0.05) is 16.6 Å². The number of hydrogen-bond acceptors (Lipinski definition) is 3. The number of carbonyl (C=O) groups excluding carboxylic acids is 1. The molecular weight excluding hydrogens is 244 g/mol. The first-order valence-electron chi connectivity index (χ1n) is 6.27. The van der Waals surface area contributed by atoms with Crippen LogP contribution in [0.25, 0.3) is 0 Å². The van der Waals surface area contributed by atoms with Gasteiger partial charge in [0.25, 0.3) is 0 Å². The maximum Gasteiger partial charge on any atom is 0.231 e. The van der Waals surface area contributed by atoms with Gasteiger partial charge in [-0.2, -0.15) is 0 Å². The number of anilines is 1. The van der Waals surface area contributed by atoms with E-state index in [0.717, 1.165) is 29.8 Å². The van der Waals surface area contributed by atoms with Gasteiger partial charge in [0.15, 0.2) is 0 Å². The molecule has 1 saturated carbocycles. The highest BCUT2D eigenvalue weighted by Crippen LogP contribution is 2.37. The van der Waals surface area contributed by atoms with E-state index in [1.54, 1.807) is 11.8 Å². The highest BCUT2D eigenvalue weighted by Gasteiger charge is 2.42. The SMILES string of the molecule is CSc1cccc(NC(=O)C2(C)CCCC2N)c1. The van der Waals surface area contributed by atoms with Crippen molar-refractivity contribution in [3.05, 3.63) is 24.3 Å². The van der Waals surface area contributed by atoms with Crippen LogP contribution in [0, 0.1) is 5.41 Å². The molecule has 1 aromatic rings. The second kappa shape index (κ2) is 5.33. The summed E-state index contributed by atoms with van der Waals surface area (Å²) in [6, 6.07) is 7.87. The van der Waals surface area contributed by atoms with Crippen molar-refractivity contribution in [2.75, 3.05) is 11.6 Å². The van der Waals surface area contributed by atoms with Crippen LogP contribution in [0.3, 0.4) is 0 Å². The smallest absolute Gasteiger partial charge is 0.231 e. The number of rotatable bonds is 3. The number of hydrogen-bond donors (Lipinski definition) is 2. The third-order valence-corrected chi connectivity index (χ3v) is 4.60. The van der Waals surface area contributed by atoms with Gasteiger partial charge in [-0.1, -0.05) is 12.5 Å². The van der Waals surface area contributed by atoms with Crippen molar-refractivity contribution in [2.24, 2.45) is 11.1 Å². The van der Waals surface area contributed by atoms with E-state index in [-0.39, 0.29) is 11.9 Å². The molecule has 1 fully saturated rings. The zero-order valence-electron chi connectivity index (χ0n) is 10.9. The topological polar surface area (TPSA) is 55.1 Å². The molecule has 3 nitrogen and oxygen atoms in total. The molecule has 0 bridgehead atoms. The Labute approximate surface area is 113 Å². The normalized spacial score (nSPS) is 27.2. The summed E-state index contributed by atoms with van der Waals surface area (Å²) in [6.45, 7) is 1.97. The lowest BCUT2D eigenvalue weighted by atomic mass is 9.84. The van der Waals surface area contributed by atoms with E-state index >= 15 is 0 Å². The van der Waals surface area contributed by atoms with Crippen molar-refractivity contribution < 1.29 is 4.79 Å². The van der Waals surface area contributed by atoms with Crippen LogP contribution >= 0.6 is 11.8 Å². The zero-order valence-corrected chi connectivity index (χ0v) is 11.7. The van der Waals surface area contributed by atoms with E-state index in [2.05, 4.69) is 5.32 Å². The minimum Gasteiger partial charge on any atom is -0.327 e. The van der Waals surface area contributed by atoms with Crippen molar-refractivity contribution in [3.8, 4) is 0 Å². The average Bonchev–Trinajstić information content (AvgIpc) is 2.71. The molecule has 0 aliphatic heterocycles. The predicted octanol–water partition coefficient (Wildman–Crippen LogP) is 2.86. The Morgan fingerprint density at radius 2 is 2.33 bits per heavy atom. The van der Waals surface area contributed by atoms with Crippen molar-refractivity contribution in [1.29, 1.82) is 0 Å². The number of nitrogens with two attached hydrogens (primary N) is 1. The number of nitrogens with one attached hydrogen (secondary N) is 1. The first kappa shape index (κ1) is 13.4. The van der Waals surface area contributed by atoms with Gasteiger partial charge in [0.1, 0.15) is 0 Å². The summed E-state index contributed by atoms with van der Waals surface area (Å²) < 4.78 is 0. The Hall–Kier alpha value is -1.00. The van der Waals surface area contributed by atoms with Gasteiger partial charge in [0.05, 0.1) is 5.41 Å². The first-order valence-corrected chi connectivity index (χ1v) is 7.50. The van der Waals surface area contributed by atoms with Crippen LogP contribution in [-0.2, 0) is 4.79 Å². The molecule has 18 heavy (non-hydrogen) atoms. The molecule has 2 rings (SSSR count). The molecular formula is C14H20N2OS. The number of benzene rings is 1. The molecule has 4 heteroatoms. The number of carbonyl (C=O) groups is 1. The van der Waals surface area contributed by atoms with Crippen molar-refractivity contribution in [3.63, 3.8) is 0 Å². The van der Waals surface area contributed by atoms with E-state index in [1.165, 1.54) is 0 Å². The van der Waals surface area contributed by atoms with Crippen molar-refractivity contribution in [2.45, 2.75) is 37.1 Å².